The molecule has 0 radical (unpaired) electrons. The number of methoxy groups -OCH3 is 1. The monoisotopic (exact) mass is 354 g/mol. The number of hydrogen-bond donors (Lipinski definition) is 1. The summed E-state index contributed by atoms with van der Waals surface area (Å²) in [5, 5.41) is 2.64. The second-order valence-electron chi connectivity index (χ2n) is 6.97. The van der Waals surface area contributed by atoms with Crippen LogP contribution in [-0.4, -0.2) is 36.6 Å². The Hall–Kier alpha value is -2.63. The van der Waals surface area contributed by atoms with Crippen LogP contribution in [0.15, 0.2) is 24.3 Å². The number of ether oxygens (including phenoxy) is 1. The van der Waals surface area contributed by atoms with E-state index >= 15 is 0 Å². The van der Waals surface area contributed by atoms with Crippen molar-refractivity contribution in [3.05, 3.63) is 46.8 Å². The number of rotatable bonds is 4. The number of nitrogens with one attached hydrogen (secondary N) is 1. The highest BCUT2D eigenvalue weighted by atomic mass is 16.5. The smallest absolute Gasteiger partial charge is 0.269 e. The molecule has 1 amide bonds. The van der Waals surface area contributed by atoms with E-state index in [1.54, 1.807) is 20.2 Å². The van der Waals surface area contributed by atoms with Gasteiger partial charge in [0.2, 0.25) is 5.95 Å². The fraction of sp³-hybridized carbons (Fsp3) is 0.450. The quantitative estimate of drug-likeness (QED) is 0.914. The van der Waals surface area contributed by atoms with Crippen molar-refractivity contribution in [1.29, 1.82) is 0 Å². The molecule has 6 nitrogen and oxygen atoms in total. The molecular formula is C20H26N4O2. The fourth-order valence-corrected chi connectivity index (χ4v) is 3.63. The molecule has 138 valence electrons. The van der Waals surface area contributed by atoms with Gasteiger partial charge >= 0.3 is 0 Å². The van der Waals surface area contributed by atoms with E-state index in [4.69, 9.17) is 4.74 Å². The van der Waals surface area contributed by atoms with Gasteiger partial charge in [-0.25, -0.2) is 9.97 Å². The highest BCUT2D eigenvalue weighted by Crippen LogP contribution is 2.38. The first-order chi connectivity index (χ1) is 12.4. The summed E-state index contributed by atoms with van der Waals surface area (Å²) in [5.41, 5.74) is 3.77. The molecule has 0 saturated carbocycles. The van der Waals surface area contributed by atoms with Gasteiger partial charge < -0.3 is 15.0 Å². The summed E-state index contributed by atoms with van der Waals surface area (Å²) >= 11 is 0. The lowest BCUT2D eigenvalue weighted by Gasteiger charge is -2.40. The van der Waals surface area contributed by atoms with E-state index < -0.39 is 0 Å². The molecule has 0 saturated heterocycles. The van der Waals surface area contributed by atoms with E-state index in [2.05, 4.69) is 46.2 Å². The summed E-state index contributed by atoms with van der Waals surface area (Å²) in [4.78, 5) is 23.4. The zero-order chi connectivity index (χ0) is 18.8. The van der Waals surface area contributed by atoms with Gasteiger partial charge in [-0.3, -0.25) is 4.79 Å². The summed E-state index contributed by atoms with van der Waals surface area (Å²) in [6.07, 6.45) is 0.891. The van der Waals surface area contributed by atoms with Gasteiger partial charge in [0.25, 0.3) is 5.91 Å². The van der Waals surface area contributed by atoms with Crippen LogP contribution in [0.2, 0.25) is 0 Å². The third kappa shape index (κ3) is 3.36. The van der Waals surface area contributed by atoms with Crippen LogP contribution in [0.25, 0.3) is 0 Å². The minimum Gasteiger partial charge on any atom is -0.497 e. The molecule has 2 aromatic rings. The molecule has 26 heavy (non-hydrogen) atoms. The van der Waals surface area contributed by atoms with E-state index in [0.29, 0.717) is 17.6 Å². The molecule has 1 unspecified atom stereocenters. The van der Waals surface area contributed by atoms with Crippen LogP contribution in [-0.2, 0) is 6.42 Å². The van der Waals surface area contributed by atoms with Crippen molar-refractivity contribution in [2.45, 2.75) is 33.2 Å². The minimum atomic E-state index is -0.194. The van der Waals surface area contributed by atoms with Gasteiger partial charge in [0.1, 0.15) is 11.4 Å². The van der Waals surface area contributed by atoms with E-state index in [-0.39, 0.29) is 11.9 Å². The number of carbonyl (C=O) groups is 1. The van der Waals surface area contributed by atoms with Crippen molar-refractivity contribution in [2.75, 3.05) is 25.6 Å². The average molecular weight is 354 g/mol. The first-order valence-electron chi connectivity index (χ1n) is 8.95. The highest BCUT2D eigenvalue weighted by molar-refractivity contribution is 5.92. The Kier molecular flexibility index (Phi) is 5.11. The SMILES string of the molecule is CNC(=O)c1cc(C)nc(N2CCc3cc(OC)ccc3C2C(C)C)n1. The number of benzene rings is 1. The fourth-order valence-electron chi connectivity index (χ4n) is 3.63. The van der Waals surface area contributed by atoms with Crippen molar-refractivity contribution in [3.63, 3.8) is 0 Å². The average Bonchev–Trinajstić information content (AvgIpc) is 2.65. The first-order valence-corrected chi connectivity index (χ1v) is 8.95. The normalized spacial score (nSPS) is 16.4. The van der Waals surface area contributed by atoms with Crippen LogP contribution >= 0.6 is 0 Å². The van der Waals surface area contributed by atoms with Gasteiger partial charge in [-0.1, -0.05) is 19.9 Å². The van der Waals surface area contributed by atoms with Gasteiger partial charge in [0, 0.05) is 19.3 Å². The number of amides is 1. The van der Waals surface area contributed by atoms with Gasteiger partial charge in [-0.05, 0) is 48.6 Å². The molecule has 1 aromatic carbocycles. The van der Waals surface area contributed by atoms with Crippen LogP contribution < -0.4 is 15.0 Å². The number of fused-ring (bicyclic) bond motifs is 1. The summed E-state index contributed by atoms with van der Waals surface area (Å²) in [7, 11) is 3.30. The molecule has 1 aromatic heterocycles. The Morgan fingerprint density at radius 1 is 1.31 bits per heavy atom. The third-order valence-corrected chi connectivity index (χ3v) is 4.82. The second-order valence-corrected chi connectivity index (χ2v) is 6.97. The first kappa shape index (κ1) is 18.2. The van der Waals surface area contributed by atoms with Crippen LogP contribution in [0, 0.1) is 12.8 Å². The van der Waals surface area contributed by atoms with Crippen molar-refractivity contribution in [2.24, 2.45) is 5.92 Å². The molecule has 2 heterocycles. The number of aromatic nitrogens is 2. The lowest BCUT2D eigenvalue weighted by atomic mass is 9.86. The van der Waals surface area contributed by atoms with Crippen LogP contribution in [0.4, 0.5) is 5.95 Å². The topological polar surface area (TPSA) is 67.4 Å². The molecule has 0 bridgehead atoms. The minimum absolute atomic E-state index is 0.156. The Bertz CT molecular complexity index is 819. The van der Waals surface area contributed by atoms with Gasteiger partial charge in [0.15, 0.2) is 0 Å². The van der Waals surface area contributed by atoms with Crippen molar-refractivity contribution < 1.29 is 9.53 Å². The molecule has 0 aliphatic carbocycles. The van der Waals surface area contributed by atoms with E-state index in [1.165, 1.54) is 11.1 Å². The van der Waals surface area contributed by atoms with Crippen LogP contribution in [0.1, 0.15) is 47.2 Å². The molecule has 1 N–H and O–H groups in total. The van der Waals surface area contributed by atoms with Crippen molar-refractivity contribution >= 4 is 11.9 Å². The number of nitrogens with zero attached hydrogens (tertiary/aromatic N) is 3. The summed E-state index contributed by atoms with van der Waals surface area (Å²) in [6, 6.07) is 8.14. The molecule has 3 rings (SSSR count). The predicted octanol–water partition coefficient (Wildman–Crippen LogP) is 2.91. The largest absolute Gasteiger partial charge is 0.497 e. The molecule has 0 fully saturated rings. The lowest BCUT2D eigenvalue weighted by molar-refractivity contribution is 0.0958. The number of carbonyl (C=O) groups excluding carboxylic acids is 1. The zero-order valence-corrected chi connectivity index (χ0v) is 16.0. The van der Waals surface area contributed by atoms with Gasteiger partial charge in [0.05, 0.1) is 13.2 Å². The molecule has 1 aliphatic rings. The van der Waals surface area contributed by atoms with Gasteiger partial charge in [-0.2, -0.15) is 0 Å². The molecule has 6 heteroatoms. The van der Waals surface area contributed by atoms with E-state index in [0.717, 1.165) is 24.4 Å². The van der Waals surface area contributed by atoms with E-state index in [9.17, 15) is 4.79 Å². The highest BCUT2D eigenvalue weighted by Gasteiger charge is 2.32. The maximum absolute atomic E-state index is 12.1. The number of anilines is 1. The van der Waals surface area contributed by atoms with Crippen molar-refractivity contribution in [1.82, 2.24) is 15.3 Å². The summed E-state index contributed by atoms with van der Waals surface area (Å²) < 4.78 is 5.37. The Balaban J connectivity index is 2.05. The maximum atomic E-state index is 12.1. The van der Waals surface area contributed by atoms with E-state index in [1.807, 2.05) is 13.0 Å². The Labute approximate surface area is 154 Å². The lowest BCUT2D eigenvalue weighted by Crippen LogP contribution is -2.39. The second kappa shape index (κ2) is 7.32. The summed E-state index contributed by atoms with van der Waals surface area (Å²) in [6.45, 7) is 7.10. The molecule has 1 aliphatic heterocycles. The van der Waals surface area contributed by atoms with Crippen LogP contribution in [0.5, 0.6) is 5.75 Å². The molecule has 0 spiro atoms. The van der Waals surface area contributed by atoms with Gasteiger partial charge in [-0.15, -0.1) is 0 Å². The maximum Gasteiger partial charge on any atom is 0.269 e. The number of aryl methyl sites for hydroxylation is 1. The van der Waals surface area contributed by atoms with Crippen molar-refractivity contribution in [3.8, 4) is 5.75 Å². The zero-order valence-electron chi connectivity index (χ0n) is 16.0. The number of hydrogen-bond acceptors (Lipinski definition) is 5. The third-order valence-electron chi connectivity index (χ3n) is 4.82. The van der Waals surface area contributed by atoms with Crippen LogP contribution in [0.3, 0.4) is 0 Å². The predicted molar refractivity (Wildman–Crippen MR) is 102 cm³/mol. The standard InChI is InChI=1S/C20H26N4O2/c1-12(2)18-16-7-6-15(26-5)11-14(16)8-9-24(18)20-22-13(3)10-17(23-20)19(25)21-4/h6-7,10-12,18H,8-9H2,1-5H3,(H,21,25). The Morgan fingerprint density at radius 3 is 2.73 bits per heavy atom. The molecule has 1 atom stereocenters. The summed E-state index contributed by atoms with van der Waals surface area (Å²) in [5.74, 6) is 1.67. The Morgan fingerprint density at radius 2 is 2.08 bits per heavy atom. The molecular weight excluding hydrogens is 328 g/mol.